The van der Waals surface area contributed by atoms with Crippen LogP contribution in [-0.4, -0.2) is 11.2 Å². The molecule has 0 aromatic rings. The van der Waals surface area contributed by atoms with Crippen LogP contribution in [0.3, 0.4) is 0 Å². The Morgan fingerprint density at radius 2 is 1.21 bits per heavy atom. The van der Waals surface area contributed by atoms with E-state index in [9.17, 15) is 5.11 Å². The third kappa shape index (κ3) is 2.50. The van der Waals surface area contributed by atoms with Crippen molar-refractivity contribution in [3.8, 4) is 0 Å². The molecular formula is C13H24O. The Kier molecular flexibility index (Phi) is 3.86. The molecule has 1 nitrogen and oxygen atoms in total. The van der Waals surface area contributed by atoms with E-state index >= 15 is 0 Å². The highest BCUT2D eigenvalue weighted by atomic mass is 16.3. The maximum Gasteiger partial charge on any atom is 0.0571 e. The highest BCUT2D eigenvalue weighted by Gasteiger charge is 2.30. The average molecular weight is 196 g/mol. The van der Waals surface area contributed by atoms with Crippen LogP contribution in [0.15, 0.2) is 0 Å². The van der Waals surface area contributed by atoms with Gasteiger partial charge < -0.3 is 5.11 Å². The van der Waals surface area contributed by atoms with Gasteiger partial charge in [0.1, 0.15) is 0 Å². The Morgan fingerprint density at radius 1 is 0.643 bits per heavy atom. The minimum atomic E-state index is 0.0341. The van der Waals surface area contributed by atoms with E-state index in [2.05, 4.69) is 0 Å². The minimum Gasteiger partial charge on any atom is -0.393 e. The number of rotatable bonds is 1. The number of hydrogen-bond donors (Lipinski definition) is 1. The van der Waals surface area contributed by atoms with Crippen molar-refractivity contribution in [3.05, 3.63) is 0 Å². The highest BCUT2D eigenvalue weighted by molar-refractivity contribution is 4.81. The summed E-state index contributed by atoms with van der Waals surface area (Å²) < 4.78 is 0. The van der Waals surface area contributed by atoms with Crippen LogP contribution in [0.2, 0.25) is 0 Å². The molecular weight excluding hydrogens is 172 g/mol. The molecule has 2 aliphatic carbocycles. The molecule has 2 aliphatic rings. The molecule has 2 saturated carbocycles. The fourth-order valence-electron chi connectivity index (χ4n) is 3.43. The van der Waals surface area contributed by atoms with Gasteiger partial charge in [-0.25, -0.2) is 0 Å². The Balaban J connectivity index is 1.90. The quantitative estimate of drug-likeness (QED) is 0.636. The fourth-order valence-corrected chi connectivity index (χ4v) is 3.43. The summed E-state index contributed by atoms with van der Waals surface area (Å²) in [6, 6.07) is 0. The van der Waals surface area contributed by atoms with Crippen LogP contribution < -0.4 is 0 Å². The Hall–Kier alpha value is -0.0400. The lowest BCUT2D eigenvalue weighted by molar-refractivity contribution is 0.0321. The summed E-state index contributed by atoms with van der Waals surface area (Å²) >= 11 is 0. The molecule has 14 heavy (non-hydrogen) atoms. The lowest BCUT2D eigenvalue weighted by atomic mass is 9.75. The van der Waals surface area contributed by atoms with Gasteiger partial charge in [0.25, 0.3) is 0 Å². The fraction of sp³-hybridized carbons (Fsp3) is 1.00. The second-order valence-electron chi connectivity index (χ2n) is 5.27. The second-order valence-corrected chi connectivity index (χ2v) is 5.27. The van der Waals surface area contributed by atoms with E-state index in [4.69, 9.17) is 0 Å². The van der Waals surface area contributed by atoms with Crippen molar-refractivity contribution in [1.82, 2.24) is 0 Å². The van der Waals surface area contributed by atoms with E-state index < -0.39 is 0 Å². The monoisotopic (exact) mass is 196 g/mol. The summed E-state index contributed by atoms with van der Waals surface area (Å²) in [6.07, 6.45) is 13.5. The van der Waals surface area contributed by atoms with E-state index in [0.717, 1.165) is 12.3 Å². The Morgan fingerprint density at radius 3 is 1.86 bits per heavy atom. The van der Waals surface area contributed by atoms with Gasteiger partial charge in [0, 0.05) is 0 Å². The van der Waals surface area contributed by atoms with Crippen molar-refractivity contribution in [1.29, 1.82) is 0 Å². The molecule has 2 atom stereocenters. The maximum atomic E-state index is 10.0. The van der Waals surface area contributed by atoms with Gasteiger partial charge in [-0.05, 0) is 24.7 Å². The van der Waals surface area contributed by atoms with E-state index in [0.29, 0.717) is 5.92 Å². The van der Waals surface area contributed by atoms with Crippen molar-refractivity contribution in [2.75, 3.05) is 0 Å². The molecule has 0 aromatic carbocycles. The molecule has 1 N–H and O–H groups in total. The molecule has 0 aliphatic heterocycles. The van der Waals surface area contributed by atoms with E-state index in [-0.39, 0.29) is 6.10 Å². The normalized spacial score (nSPS) is 36.6. The first-order valence-electron chi connectivity index (χ1n) is 6.56. The first-order chi connectivity index (χ1) is 6.88. The molecule has 0 amide bonds. The third-order valence-electron chi connectivity index (χ3n) is 4.29. The number of hydrogen-bond acceptors (Lipinski definition) is 1. The van der Waals surface area contributed by atoms with Gasteiger partial charge in [-0.1, -0.05) is 51.4 Å². The Labute approximate surface area is 87.9 Å². The van der Waals surface area contributed by atoms with Gasteiger partial charge in [0.05, 0.1) is 6.10 Å². The standard InChI is InChI=1S/C13H24O/c14-13-10-6-5-9-12(13)11-7-3-1-2-4-8-11/h11-14H,1-10H2. The molecule has 0 saturated heterocycles. The van der Waals surface area contributed by atoms with Crippen molar-refractivity contribution in [3.63, 3.8) is 0 Å². The first kappa shape index (κ1) is 10.5. The molecule has 2 unspecified atom stereocenters. The molecule has 0 bridgehead atoms. The molecule has 82 valence electrons. The van der Waals surface area contributed by atoms with Crippen LogP contribution in [-0.2, 0) is 0 Å². The van der Waals surface area contributed by atoms with Gasteiger partial charge in [-0.2, -0.15) is 0 Å². The van der Waals surface area contributed by atoms with Crippen LogP contribution in [0.4, 0.5) is 0 Å². The maximum absolute atomic E-state index is 10.0. The summed E-state index contributed by atoms with van der Waals surface area (Å²) in [5, 5.41) is 10.0. The third-order valence-corrected chi connectivity index (χ3v) is 4.29. The van der Waals surface area contributed by atoms with Crippen molar-refractivity contribution < 1.29 is 5.11 Å². The van der Waals surface area contributed by atoms with Crippen LogP contribution in [0.5, 0.6) is 0 Å². The zero-order valence-electron chi connectivity index (χ0n) is 9.25. The van der Waals surface area contributed by atoms with E-state index in [1.807, 2.05) is 0 Å². The van der Waals surface area contributed by atoms with Crippen LogP contribution >= 0.6 is 0 Å². The summed E-state index contributed by atoms with van der Waals surface area (Å²) in [4.78, 5) is 0. The largest absolute Gasteiger partial charge is 0.393 e. The summed E-state index contributed by atoms with van der Waals surface area (Å²) in [7, 11) is 0. The molecule has 0 radical (unpaired) electrons. The predicted molar refractivity (Wildman–Crippen MR) is 59.2 cm³/mol. The van der Waals surface area contributed by atoms with Gasteiger partial charge in [0.15, 0.2) is 0 Å². The van der Waals surface area contributed by atoms with E-state index in [1.165, 1.54) is 57.8 Å². The molecule has 0 aromatic heterocycles. The minimum absolute atomic E-state index is 0.0341. The van der Waals surface area contributed by atoms with Gasteiger partial charge in [-0.3, -0.25) is 0 Å². The Bertz CT molecular complexity index is 159. The first-order valence-corrected chi connectivity index (χ1v) is 6.56. The van der Waals surface area contributed by atoms with Crippen LogP contribution in [0, 0.1) is 11.8 Å². The molecule has 2 rings (SSSR count). The summed E-state index contributed by atoms with van der Waals surface area (Å²) in [6.45, 7) is 0. The molecule has 1 heteroatoms. The molecule has 0 spiro atoms. The topological polar surface area (TPSA) is 20.2 Å². The van der Waals surface area contributed by atoms with Crippen molar-refractivity contribution >= 4 is 0 Å². The van der Waals surface area contributed by atoms with Gasteiger partial charge >= 0.3 is 0 Å². The van der Waals surface area contributed by atoms with Crippen molar-refractivity contribution in [2.24, 2.45) is 11.8 Å². The number of aliphatic hydroxyl groups excluding tert-OH is 1. The van der Waals surface area contributed by atoms with Crippen molar-refractivity contribution in [2.45, 2.75) is 70.3 Å². The van der Waals surface area contributed by atoms with Gasteiger partial charge in [-0.15, -0.1) is 0 Å². The lowest BCUT2D eigenvalue weighted by Crippen LogP contribution is -2.30. The number of aliphatic hydroxyl groups is 1. The van der Waals surface area contributed by atoms with Crippen LogP contribution in [0.1, 0.15) is 64.2 Å². The average Bonchev–Trinajstić information content (AvgIpc) is 2.47. The molecule has 2 fully saturated rings. The van der Waals surface area contributed by atoms with Crippen LogP contribution in [0.25, 0.3) is 0 Å². The zero-order chi connectivity index (χ0) is 9.80. The highest BCUT2D eigenvalue weighted by Crippen LogP contribution is 2.37. The summed E-state index contributed by atoms with van der Waals surface area (Å²) in [5.41, 5.74) is 0. The zero-order valence-corrected chi connectivity index (χ0v) is 9.25. The van der Waals surface area contributed by atoms with E-state index in [1.54, 1.807) is 0 Å². The smallest absolute Gasteiger partial charge is 0.0571 e. The summed E-state index contributed by atoms with van der Waals surface area (Å²) in [5.74, 6) is 1.51. The predicted octanol–water partition coefficient (Wildman–Crippen LogP) is 3.51. The second kappa shape index (κ2) is 5.16. The van der Waals surface area contributed by atoms with Gasteiger partial charge in [0.2, 0.25) is 0 Å². The lowest BCUT2D eigenvalue weighted by Gasteiger charge is -2.34. The molecule has 0 heterocycles. The SMILES string of the molecule is OC1CCCCC1C1CCCCCC1.